The van der Waals surface area contributed by atoms with Crippen molar-refractivity contribution in [1.82, 2.24) is 9.97 Å². The topological polar surface area (TPSA) is 99.4 Å². The zero-order chi connectivity index (χ0) is 22.7. The summed E-state index contributed by atoms with van der Waals surface area (Å²) in [6, 6.07) is 9.61. The summed E-state index contributed by atoms with van der Waals surface area (Å²) < 4.78 is 26.5. The number of fused-ring (bicyclic) bond motifs is 1. The molecule has 7 nitrogen and oxygen atoms in total. The predicted molar refractivity (Wildman–Crippen MR) is 120 cm³/mol. The van der Waals surface area contributed by atoms with Crippen LogP contribution in [0.3, 0.4) is 0 Å². The molecule has 166 valence electrons. The zero-order valence-corrected chi connectivity index (χ0v) is 18.2. The molecule has 32 heavy (non-hydrogen) atoms. The van der Waals surface area contributed by atoms with Gasteiger partial charge in [-0.2, -0.15) is 0 Å². The van der Waals surface area contributed by atoms with Gasteiger partial charge >= 0.3 is 0 Å². The lowest BCUT2D eigenvalue weighted by Gasteiger charge is -2.25. The monoisotopic (exact) mass is 456 g/mol. The number of carbonyl (C=O) groups excluding carboxylic acids is 1. The molecule has 3 aromatic rings. The van der Waals surface area contributed by atoms with Crippen molar-refractivity contribution in [3.05, 3.63) is 59.0 Å². The molecular weight excluding hydrogens is 435 g/mol. The van der Waals surface area contributed by atoms with Crippen LogP contribution >= 0.6 is 11.6 Å². The number of carbonyl (C=O) groups is 1. The summed E-state index contributed by atoms with van der Waals surface area (Å²) in [5.74, 6) is -0.231. The van der Waals surface area contributed by atoms with Gasteiger partial charge in [0.1, 0.15) is 23.9 Å². The van der Waals surface area contributed by atoms with Gasteiger partial charge in [-0.25, -0.2) is 14.4 Å². The van der Waals surface area contributed by atoms with Crippen LogP contribution in [0.25, 0.3) is 11.3 Å². The van der Waals surface area contributed by atoms with E-state index in [4.69, 9.17) is 26.8 Å². The molecule has 1 aliphatic rings. The van der Waals surface area contributed by atoms with Gasteiger partial charge in [0, 0.05) is 22.8 Å². The normalized spacial score (nSPS) is 14.9. The van der Waals surface area contributed by atoms with Crippen LogP contribution in [0.1, 0.15) is 18.9 Å². The third-order valence-electron chi connectivity index (χ3n) is 5.04. The quantitative estimate of drug-likeness (QED) is 0.566. The summed E-state index contributed by atoms with van der Waals surface area (Å²) in [5, 5.41) is 3.37. The number of hydrogen-bond acceptors (Lipinski definition) is 6. The van der Waals surface area contributed by atoms with Crippen molar-refractivity contribution in [2.45, 2.75) is 19.8 Å². The Bertz CT molecular complexity index is 1160. The molecule has 0 radical (unpaired) electrons. The summed E-state index contributed by atoms with van der Waals surface area (Å²) in [5.41, 5.74) is 7.25. The molecule has 1 atom stereocenters. The predicted octanol–water partition coefficient (Wildman–Crippen LogP) is 4.50. The Morgan fingerprint density at radius 3 is 2.97 bits per heavy atom. The number of nitrogen functional groups attached to an aromatic ring is 1. The Labute approximate surface area is 189 Å². The summed E-state index contributed by atoms with van der Waals surface area (Å²) in [4.78, 5) is 20.9. The molecule has 0 spiro atoms. The standard InChI is InChI=1S/C23H22ClFN4O3/c1-2-7-31-21-10-16(18-5-6-27-23(26)29-18)17(25)11-19(21)28-22(30)14-8-13-9-15(24)3-4-20(13)32-12-14/h3-6,9-11,14H,2,7-8,12H2,1H3,(H,28,30)(H2,26,27,29). The van der Waals surface area contributed by atoms with Crippen LogP contribution in [0, 0.1) is 11.7 Å². The number of ether oxygens (including phenoxy) is 2. The molecule has 0 bridgehead atoms. The number of nitrogens with zero attached hydrogens (tertiary/aromatic N) is 2. The van der Waals surface area contributed by atoms with Crippen LogP contribution in [0.5, 0.6) is 11.5 Å². The minimum absolute atomic E-state index is 0.0352. The molecule has 1 aromatic heterocycles. The second-order valence-corrected chi connectivity index (χ2v) is 7.87. The third-order valence-corrected chi connectivity index (χ3v) is 5.27. The lowest BCUT2D eigenvalue weighted by atomic mass is 9.96. The first-order valence-corrected chi connectivity index (χ1v) is 10.6. The van der Waals surface area contributed by atoms with Crippen molar-refractivity contribution in [3.63, 3.8) is 0 Å². The van der Waals surface area contributed by atoms with Crippen molar-refractivity contribution in [2.75, 3.05) is 24.3 Å². The van der Waals surface area contributed by atoms with Gasteiger partial charge in [-0.3, -0.25) is 4.79 Å². The summed E-state index contributed by atoms with van der Waals surface area (Å²) >= 11 is 6.06. The minimum Gasteiger partial charge on any atom is -0.492 e. The second kappa shape index (κ2) is 9.40. The number of rotatable bonds is 6. The molecule has 0 saturated heterocycles. The largest absolute Gasteiger partial charge is 0.492 e. The van der Waals surface area contributed by atoms with E-state index in [1.807, 2.05) is 6.92 Å². The van der Waals surface area contributed by atoms with Gasteiger partial charge in [0.05, 0.1) is 23.9 Å². The van der Waals surface area contributed by atoms with E-state index in [9.17, 15) is 9.18 Å². The highest BCUT2D eigenvalue weighted by Crippen LogP contribution is 2.35. The van der Waals surface area contributed by atoms with Gasteiger partial charge in [-0.15, -0.1) is 0 Å². The van der Waals surface area contributed by atoms with Crippen LogP contribution in [0.4, 0.5) is 16.0 Å². The van der Waals surface area contributed by atoms with E-state index in [0.717, 1.165) is 12.0 Å². The molecule has 1 unspecified atom stereocenters. The Morgan fingerprint density at radius 2 is 2.19 bits per heavy atom. The fourth-order valence-electron chi connectivity index (χ4n) is 3.47. The lowest BCUT2D eigenvalue weighted by Crippen LogP contribution is -2.32. The number of amides is 1. The van der Waals surface area contributed by atoms with E-state index in [1.165, 1.54) is 18.3 Å². The fourth-order valence-corrected chi connectivity index (χ4v) is 3.66. The van der Waals surface area contributed by atoms with E-state index in [2.05, 4.69) is 15.3 Å². The summed E-state index contributed by atoms with van der Waals surface area (Å²) in [6.07, 6.45) is 2.66. The van der Waals surface area contributed by atoms with Gasteiger partial charge in [-0.05, 0) is 48.7 Å². The van der Waals surface area contributed by atoms with E-state index in [0.29, 0.717) is 35.2 Å². The third kappa shape index (κ3) is 4.75. The Hall–Kier alpha value is -3.39. The molecule has 3 N–H and O–H groups in total. The van der Waals surface area contributed by atoms with Crippen LogP contribution in [-0.2, 0) is 11.2 Å². The molecule has 9 heteroatoms. The number of hydrogen-bond donors (Lipinski definition) is 2. The van der Waals surface area contributed by atoms with Crippen molar-refractivity contribution >= 4 is 29.1 Å². The molecule has 2 aromatic carbocycles. The first-order valence-electron chi connectivity index (χ1n) is 10.2. The maximum Gasteiger partial charge on any atom is 0.231 e. The van der Waals surface area contributed by atoms with Gasteiger partial charge < -0.3 is 20.5 Å². The van der Waals surface area contributed by atoms with E-state index < -0.39 is 11.7 Å². The van der Waals surface area contributed by atoms with Gasteiger partial charge in [-0.1, -0.05) is 18.5 Å². The van der Waals surface area contributed by atoms with Crippen LogP contribution in [0.2, 0.25) is 5.02 Å². The average Bonchev–Trinajstić information content (AvgIpc) is 2.78. The first kappa shape index (κ1) is 21.8. The molecular formula is C23H22ClFN4O3. The zero-order valence-electron chi connectivity index (χ0n) is 17.4. The molecule has 4 rings (SSSR count). The summed E-state index contributed by atoms with van der Waals surface area (Å²) in [6.45, 7) is 2.57. The second-order valence-electron chi connectivity index (χ2n) is 7.43. The highest BCUT2D eigenvalue weighted by atomic mass is 35.5. The molecule has 0 fully saturated rings. The van der Waals surface area contributed by atoms with Crippen molar-refractivity contribution in [1.29, 1.82) is 0 Å². The number of aromatic nitrogens is 2. The van der Waals surface area contributed by atoms with Crippen molar-refractivity contribution in [3.8, 4) is 22.8 Å². The fraction of sp³-hybridized carbons (Fsp3) is 0.261. The van der Waals surface area contributed by atoms with Crippen molar-refractivity contribution < 1.29 is 18.7 Å². The van der Waals surface area contributed by atoms with Gasteiger partial charge in [0.25, 0.3) is 0 Å². The van der Waals surface area contributed by atoms with Crippen LogP contribution < -0.4 is 20.5 Å². The average molecular weight is 457 g/mol. The maximum atomic E-state index is 15.0. The highest BCUT2D eigenvalue weighted by Gasteiger charge is 2.27. The first-order chi connectivity index (χ1) is 15.4. The molecule has 2 heterocycles. The maximum absolute atomic E-state index is 15.0. The Morgan fingerprint density at radius 1 is 1.34 bits per heavy atom. The Kier molecular flexibility index (Phi) is 6.41. The smallest absolute Gasteiger partial charge is 0.231 e. The SMILES string of the molecule is CCCOc1cc(-c2ccnc(N)n2)c(F)cc1NC(=O)C1COc2ccc(Cl)cc2C1. The summed E-state index contributed by atoms with van der Waals surface area (Å²) in [7, 11) is 0. The van der Waals surface area contributed by atoms with E-state index in [1.54, 1.807) is 24.3 Å². The van der Waals surface area contributed by atoms with E-state index in [-0.39, 0.29) is 29.7 Å². The molecule has 0 saturated carbocycles. The lowest BCUT2D eigenvalue weighted by molar-refractivity contribution is -0.121. The van der Waals surface area contributed by atoms with Gasteiger partial charge in [0.15, 0.2) is 0 Å². The number of nitrogens with one attached hydrogen (secondary N) is 1. The number of anilines is 2. The minimum atomic E-state index is -0.570. The molecule has 1 aliphatic heterocycles. The highest BCUT2D eigenvalue weighted by molar-refractivity contribution is 6.30. The molecule has 0 aliphatic carbocycles. The molecule has 1 amide bonds. The number of halogens is 2. The Balaban J connectivity index is 1.59. The van der Waals surface area contributed by atoms with Crippen molar-refractivity contribution in [2.24, 2.45) is 5.92 Å². The number of nitrogens with two attached hydrogens (primary N) is 1. The van der Waals surface area contributed by atoms with Crippen LogP contribution in [-0.4, -0.2) is 29.1 Å². The van der Waals surface area contributed by atoms with Crippen LogP contribution in [0.15, 0.2) is 42.6 Å². The van der Waals surface area contributed by atoms with Gasteiger partial charge in [0.2, 0.25) is 11.9 Å². The van der Waals surface area contributed by atoms with E-state index >= 15 is 0 Å². The number of benzene rings is 2.